The first-order chi connectivity index (χ1) is 12.8. The van der Waals surface area contributed by atoms with Crippen LogP contribution in [0.4, 0.5) is 5.13 Å². The first-order valence-corrected chi connectivity index (χ1v) is 11.1. The molecule has 0 aliphatic rings. The largest absolute Gasteiger partial charge is 0.273 e. The number of fused-ring (bicyclic) bond motifs is 1. The Kier molecular flexibility index (Phi) is 5.90. The molecule has 0 aliphatic heterocycles. The highest BCUT2D eigenvalue weighted by molar-refractivity contribution is 7.91. The lowest BCUT2D eigenvalue weighted by atomic mass is 10.2. The Hall–Kier alpha value is -1.87. The number of carbonyl (C=O) groups excluding carboxylic acids is 1. The minimum atomic E-state index is -3.52. The van der Waals surface area contributed by atoms with Crippen LogP contribution < -0.4 is 10.9 Å². The van der Waals surface area contributed by atoms with Gasteiger partial charge in [-0.05, 0) is 31.2 Å². The molecule has 2 N–H and O–H groups in total. The maximum absolute atomic E-state index is 12.3. The molecule has 1 heterocycles. The quantitative estimate of drug-likeness (QED) is 0.556. The van der Waals surface area contributed by atoms with E-state index in [4.69, 9.17) is 23.2 Å². The Morgan fingerprint density at radius 3 is 2.56 bits per heavy atom. The Labute approximate surface area is 170 Å². The van der Waals surface area contributed by atoms with Crippen molar-refractivity contribution in [3.05, 3.63) is 52.0 Å². The normalized spacial score (nSPS) is 11.5. The van der Waals surface area contributed by atoms with Crippen molar-refractivity contribution >= 4 is 65.6 Å². The van der Waals surface area contributed by atoms with Crippen molar-refractivity contribution in [3.63, 3.8) is 0 Å². The first-order valence-electron chi connectivity index (χ1n) is 7.85. The molecule has 0 radical (unpaired) electrons. The summed E-state index contributed by atoms with van der Waals surface area (Å²) in [5.74, 6) is -0.751. The van der Waals surface area contributed by atoms with Crippen molar-refractivity contribution in [1.29, 1.82) is 0 Å². The van der Waals surface area contributed by atoms with Gasteiger partial charge in [0.25, 0.3) is 0 Å². The summed E-state index contributed by atoms with van der Waals surface area (Å²) in [6.45, 7) is 1.87. The van der Waals surface area contributed by atoms with E-state index in [1.165, 1.54) is 23.5 Å². The number of carbonyl (C=O) groups is 1. The Balaban J connectivity index is 1.58. The fraction of sp³-hybridized carbons (Fsp3) is 0.176. The van der Waals surface area contributed by atoms with Crippen LogP contribution in [0.15, 0.2) is 41.3 Å². The highest BCUT2D eigenvalue weighted by atomic mass is 35.5. The number of anilines is 1. The van der Waals surface area contributed by atoms with E-state index in [0.29, 0.717) is 20.7 Å². The van der Waals surface area contributed by atoms with Crippen LogP contribution >= 0.6 is 34.5 Å². The summed E-state index contributed by atoms with van der Waals surface area (Å²) in [6.07, 6.45) is -0.180. The fourth-order valence-electron chi connectivity index (χ4n) is 2.27. The summed E-state index contributed by atoms with van der Waals surface area (Å²) in [5, 5.41) is 1.16. The molecule has 10 heteroatoms. The van der Waals surface area contributed by atoms with Gasteiger partial charge in [-0.1, -0.05) is 52.2 Å². The molecule has 0 aliphatic carbocycles. The molecule has 27 heavy (non-hydrogen) atoms. The van der Waals surface area contributed by atoms with E-state index in [-0.39, 0.29) is 17.1 Å². The van der Waals surface area contributed by atoms with Crippen LogP contribution in [-0.2, 0) is 14.6 Å². The van der Waals surface area contributed by atoms with Crippen LogP contribution in [0.3, 0.4) is 0 Å². The van der Waals surface area contributed by atoms with Gasteiger partial charge in [-0.15, -0.1) is 0 Å². The topological polar surface area (TPSA) is 88.2 Å². The summed E-state index contributed by atoms with van der Waals surface area (Å²) in [4.78, 5) is 16.4. The first kappa shape index (κ1) is 19.9. The zero-order valence-corrected chi connectivity index (χ0v) is 17.3. The number of hydrogen-bond acceptors (Lipinski definition) is 6. The lowest BCUT2D eigenvalue weighted by Gasteiger charge is -2.07. The summed E-state index contributed by atoms with van der Waals surface area (Å²) in [5.41, 5.74) is 6.62. The van der Waals surface area contributed by atoms with Crippen LogP contribution in [0, 0.1) is 6.92 Å². The monoisotopic (exact) mass is 443 g/mol. The number of halogens is 2. The fourth-order valence-corrected chi connectivity index (χ4v) is 4.75. The molecular formula is C17H15Cl2N3O3S2. The molecule has 0 saturated heterocycles. The third-order valence-corrected chi connectivity index (χ3v) is 7.20. The zero-order valence-electron chi connectivity index (χ0n) is 14.1. The van der Waals surface area contributed by atoms with Crippen molar-refractivity contribution in [2.45, 2.75) is 18.2 Å². The van der Waals surface area contributed by atoms with Gasteiger partial charge in [-0.3, -0.25) is 15.6 Å². The Morgan fingerprint density at radius 2 is 1.85 bits per heavy atom. The average Bonchev–Trinajstić information content (AvgIpc) is 3.06. The standard InChI is InChI=1S/C17H15Cl2N3O3S2/c1-10-2-4-11(5-3-10)27(24,25)9-8-14(23)21-22-17-20-16-13(26-17)7-6-12(18)15(16)19/h2-7H,8-9H2,1H3,(H,20,22)(H,21,23). The molecule has 3 aromatic rings. The average molecular weight is 444 g/mol. The number of aryl methyl sites for hydroxylation is 1. The van der Waals surface area contributed by atoms with E-state index < -0.39 is 15.7 Å². The molecule has 0 fully saturated rings. The zero-order chi connectivity index (χ0) is 19.6. The van der Waals surface area contributed by atoms with Crippen LogP contribution in [0.25, 0.3) is 10.2 Å². The van der Waals surface area contributed by atoms with E-state index in [0.717, 1.165) is 10.3 Å². The maximum Gasteiger partial charge on any atom is 0.239 e. The maximum atomic E-state index is 12.3. The van der Waals surface area contributed by atoms with Gasteiger partial charge < -0.3 is 0 Å². The highest BCUT2D eigenvalue weighted by Gasteiger charge is 2.17. The molecular weight excluding hydrogens is 429 g/mol. The van der Waals surface area contributed by atoms with Crippen molar-refractivity contribution in [1.82, 2.24) is 10.4 Å². The van der Waals surface area contributed by atoms with E-state index in [1.807, 2.05) is 6.92 Å². The van der Waals surface area contributed by atoms with Gasteiger partial charge in [0.05, 0.1) is 25.4 Å². The molecule has 1 aromatic heterocycles. The van der Waals surface area contributed by atoms with Gasteiger partial charge in [-0.25, -0.2) is 13.4 Å². The predicted octanol–water partition coefficient (Wildman–Crippen LogP) is 4.22. The van der Waals surface area contributed by atoms with Crippen molar-refractivity contribution in [2.24, 2.45) is 0 Å². The molecule has 0 spiro atoms. The number of amides is 1. The van der Waals surface area contributed by atoms with E-state index in [9.17, 15) is 13.2 Å². The number of thiazole rings is 1. The second-order valence-electron chi connectivity index (χ2n) is 5.78. The third-order valence-electron chi connectivity index (χ3n) is 3.74. The molecule has 3 rings (SSSR count). The van der Waals surface area contributed by atoms with Gasteiger partial charge >= 0.3 is 0 Å². The number of aromatic nitrogens is 1. The third kappa shape index (κ3) is 4.70. The number of sulfone groups is 1. The van der Waals surface area contributed by atoms with Gasteiger partial charge in [-0.2, -0.15) is 0 Å². The Morgan fingerprint density at radius 1 is 1.15 bits per heavy atom. The number of nitrogens with zero attached hydrogens (tertiary/aromatic N) is 1. The number of nitrogens with one attached hydrogen (secondary N) is 2. The number of benzene rings is 2. The minimum Gasteiger partial charge on any atom is -0.273 e. The minimum absolute atomic E-state index is 0.180. The summed E-state index contributed by atoms with van der Waals surface area (Å²) >= 11 is 13.3. The molecule has 1 amide bonds. The van der Waals surface area contributed by atoms with Gasteiger partial charge in [0, 0.05) is 6.42 Å². The predicted molar refractivity (Wildman–Crippen MR) is 109 cm³/mol. The van der Waals surface area contributed by atoms with Crippen molar-refractivity contribution in [3.8, 4) is 0 Å². The summed E-state index contributed by atoms with van der Waals surface area (Å²) in [6, 6.07) is 9.97. The van der Waals surface area contributed by atoms with Crippen LogP contribution in [0.2, 0.25) is 10.0 Å². The van der Waals surface area contributed by atoms with E-state index >= 15 is 0 Å². The van der Waals surface area contributed by atoms with Gasteiger partial charge in [0.2, 0.25) is 11.0 Å². The molecule has 142 valence electrons. The van der Waals surface area contributed by atoms with Crippen molar-refractivity contribution < 1.29 is 13.2 Å². The van der Waals surface area contributed by atoms with Gasteiger partial charge in [0.15, 0.2) is 9.84 Å². The smallest absolute Gasteiger partial charge is 0.239 e. The Bertz CT molecular complexity index is 1100. The van der Waals surface area contributed by atoms with E-state index in [1.54, 1.807) is 24.3 Å². The summed E-state index contributed by atoms with van der Waals surface area (Å²) in [7, 11) is -3.52. The molecule has 0 atom stereocenters. The van der Waals surface area contributed by atoms with Crippen LogP contribution in [0.1, 0.15) is 12.0 Å². The number of hydrazine groups is 1. The SMILES string of the molecule is Cc1ccc(S(=O)(=O)CCC(=O)NNc2nc3c(Cl)c(Cl)ccc3s2)cc1. The van der Waals surface area contributed by atoms with Crippen LogP contribution in [0.5, 0.6) is 0 Å². The number of rotatable bonds is 6. The second kappa shape index (κ2) is 8.02. The highest BCUT2D eigenvalue weighted by Crippen LogP contribution is 2.34. The summed E-state index contributed by atoms with van der Waals surface area (Å²) < 4.78 is 25.4. The van der Waals surface area contributed by atoms with Crippen LogP contribution in [-0.4, -0.2) is 25.1 Å². The second-order valence-corrected chi connectivity index (χ2v) is 9.71. The lowest BCUT2D eigenvalue weighted by molar-refractivity contribution is -0.120. The molecule has 2 aromatic carbocycles. The van der Waals surface area contributed by atoms with Crippen molar-refractivity contribution in [2.75, 3.05) is 11.2 Å². The lowest BCUT2D eigenvalue weighted by Crippen LogP contribution is -2.30. The number of hydrogen-bond donors (Lipinski definition) is 2. The van der Waals surface area contributed by atoms with Gasteiger partial charge in [0.1, 0.15) is 5.52 Å². The molecule has 0 bridgehead atoms. The molecule has 6 nitrogen and oxygen atoms in total. The molecule has 0 saturated carbocycles. The van der Waals surface area contributed by atoms with E-state index in [2.05, 4.69) is 15.8 Å². The molecule has 0 unspecified atom stereocenters.